The molecule has 0 aliphatic carbocycles. The van der Waals surface area contributed by atoms with Crippen molar-refractivity contribution in [1.29, 1.82) is 0 Å². The van der Waals surface area contributed by atoms with Crippen LogP contribution in [0.4, 0.5) is 0 Å². The first-order valence-electron chi connectivity index (χ1n) is 3.85. The fraction of sp³-hybridized carbons (Fsp3) is 0.571. The minimum atomic E-state index is 0.279. The van der Waals surface area contributed by atoms with E-state index < -0.39 is 0 Å². The van der Waals surface area contributed by atoms with Crippen molar-refractivity contribution in [3.8, 4) is 0 Å². The van der Waals surface area contributed by atoms with Gasteiger partial charge in [0.25, 0.3) is 0 Å². The molecule has 0 saturated carbocycles. The Morgan fingerprint density at radius 3 is 2.85 bits per heavy atom. The number of aromatic nitrogens is 3. The zero-order valence-electron chi connectivity index (χ0n) is 7.65. The van der Waals surface area contributed by atoms with Gasteiger partial charge in [0.1, 0.15) is 10.7 Å². The lowest BCUT2D eigenvalue weighted by Crippen LogP contribution is -2.13. The molecule has 1 rings (SSSR count). The largest absolute Gasteiger partial charge is 0.388 e. The lowest BCUT2D eigenvalue weighted by atomic mass is 10.3. The van der Waals surface area contributed by atoms with Gasteiger partial charge in [-0.2, -0.15) is 0 Å². The summed E-state index contributed by atoms with van der Waals surface area (Å²) in [6.07, 6.45) is 0. The van der Waals surface area contributed by atoms with Crippen LogP contribution in [0.5, 0.6) is 0 Å². The molecular weight excluding hydrogens is 188 g/mol. The van der Waals surface area contributed by atoms with Gasteiger partial charge in [0.2, 0.25) is 0 Å². The standard InChI is InChI=1S/C7H12N4OS/c1-5-6(7(8)13)9-10-11(5)3-4-12-2/h3-4H2,1-2H3,(H2,8,13). The summed E-state index contributed by atoms with van der Waals surface area (Å²) in [6.45, 7) is 3.14. The average Bonchev–Trinajstić information content (AvgIpc) is 2.43. The molecule has 0 aliphatic heterocycles. The molecule has 1 aromatic rings. The summed E-state index contributed by atoms with van der Waals surface area (Å²) in [6, 6.07) is 0. The second kappa shape index (κ2) is 4.29. The van der Waals surface area contributed by atoms with E-state index in [1.165, 1.54) is 0 Å². The van der Waals surface area contributed by atoms with Crippen LogP contribution >= 0.6 is 12.2 Å². The second-order valence-electron chi connectivity index (χ2n) is 2.60. The number of rotatable bonds is 4. The van der Waals surface area contributed by atoms with Gasteiger partial charge < -0.3 is 10.5 Å². The van der Waals surface area contributed by atoms with E-state index in [1.807, 2.05) is 6.92 Å². The van der Waals surface area contributed by atoms with Gasteiger partial charge in [0.05, 0.1) is 18.8 Å². The zero-order valence-corrected chi connectivity index (χ0v) is 8.47. The fourth-order valence-corrected chi connectivity index (χ4v) is 1.17. The predicted octanol–water partition coefficient (Wildman–Crippen LogP) is -0.133. The summed E-state index contributed by atoms with van der Waals surface area (Å²) in [5, 5.41) is 7.75. The maximum Gasteiger partial charge on any atom is 0.142 e. The molecule has 0 aliphatic rings. The molecule has 0 saturated heterocycles. The predicted molar refractivity (Wildman–Crippen MR) is 52.5 cm³/mol. The van der Waals surface area contributed by atoms with E-state index in [9.17, 15) is 0 Å². The second-order valence-corrected chi connectivity index (χ2v) is 3.04. The van der Waals surface area contributed by atoms with E-state index in [1.54, 1.807) is 11.8 Å². The summed E-state index contributed by atoms with van der Waals surface area (Å²) in [4.78, 5) is 0.279. The van der Waals surface area contributed by atoms with Gasteiger partial charge in [-0.15, -0.1) is 5.10 Å². The molecular formula is C7H12N4OS. The van der Waals surface area contributed by atoms with E-state index in [4.69, 9.17) is 22.7 Å². The van der Waals surface area contributed by atoms with Gasteiger partial charge in [0, 0.05) is 7.11 Å². The Morgan fingerprint density at radius 1 is 1.69 bits per heavy atom. The summed E-state index contributed by atoms with van der Waals surface area (Å²) in [5.74, 6) is 0. The highest BCUT2D eigenvalue weighted by molar-refractivity contribution is 7.80. The molecule has 0 bridgehead atoms. The van der Waals surface area contributed by atoms with Crippen LogP contribution in [-0.4, -0.2) is 33.7 Å². The molecule has 0 atom stereocenters. The summed E-state index contributed by atoms with van der Waals surface area (Å²) in [7, 11) is 1.64. The van der Waals surface area contributed by atoms with Gasteiger partial charge in [0.15, 0.2) is 0 Å². The van der Waals surface area contributed by atoms with Crippen LogP contribution in [0, 0.1) is 6.92 Å². The Kier molecular flexibility index (Phi) is 3.32. The Morgan fingerprint density at radius 2 is 2.38 bits per heavy atom. The highest BCUT2D eigenvalue weighted by Crippen LogP contribution is 2.02. The van der Waals surface area contributed by atoms with E-state index in [2.05, 4.69) is 10.3 Å². The van der Waals surface area contributed by atoms with Crippen LogP contribution in [0.25, 0.3) is 0 Å². The van der Waals surface area contributed by atoms with Crippen molar-refractivity contribution in [3.05, 3.63) is 11.4 Å². The smallest absolute Gasteiger partial charge is 0.142 e. The van der Waals surface area contributed by atoms with Crippen molar-refractivity contribution >= 4 is 17.2 Å². The lowest BCUT2D eigenvalue weighted by molar-refractivity contribution is 0.182. The van der Waals surface area contributed by atoms with Crippen LogP contribution in [0.3, 0.4) is 0 Å². The molecule has 0 spiro atoms. The zero-order chi connectivity index (χ0) is 9.84. The molecule has 2 N–H and O–H groups in total. The quantitative estimate of drug-likeness (QED) is 0.686. The molecule has 0 unspecified atom stereocenters. The summed E-state index contributed by atoms with van der Waals surface area (Å²) >= 11 is 4.81. The number of nitrogens with zero attached hydrogens (tertiary/aromatic N) is 3. The highest BCUT2D eigenvalue weighted by atomic mass is 32.1. The fourth-order valence-electron chi connectivity index (χ4n) is 0.978. The van der Waals surface area contributed by atoms with Crippen LogP contribution in [-0.2, 0) is 11.3 Å². The molecule has 6 heteroatoms. The molecule has 0 radical (unpaired) electrons. The maximum absolute atomic E-state index is 5.44. The molecule has 72 valence electrons. The van der Waals surface area contributed by atoms with Gasteiger partial charge in [-0.3, -0.25) is 0 Å². The van der Waals surface area contributed by atoms with Gasteiger partial charge >= 0.3 is 0 Å². The van der Waals surface area contributed by atoms with Crippen LogP contribution in [0.15, 0.2) is 0 Å². The first-order valence-corrected chi connectivity index (χ1v) is 4.26. The van der Waals surface area contributed by atoms with Crippen molar-refractivity contribution in [2.24, 2.45) is 5.73 Å². The Hall–Kier alpha value is -1.01. The Balaban J connectivity index is 2.80. The van der Waals surface area contributed by atoms with Crippen molar-refractivity contribution in [3.63, 3.8) is 0 Å². The van der Waals surface area contributed by atoms with E-state index in [0.29, 0.717) is 18.8 Å². The van der Waals surface area contributed by atoms with Gasteiger partial charge in [-0.05, 0) is 6.92 Å². The van der Waals surface area contributed by atoms with Crippen LogP contribution < -0.4 is 5.73 Å². The number of thiocarbonyl (C=S) groups is 1. The average molecular weight is 200 g/mol. The summed E-state index contributed by atoms with van der Waals surface area (Å²) < 4.78 is 6.64. The van der Waals surface area contributed by atoms with E-state index >= 15 is 0 Å². The van der Waals surface area contributed by atoms with Crippen molar-refractivity contribution in [1.82, 2.24) is 15.0 Å². The molecule has 0 aromatic carbocycles. The van der Waals surface area contributed by atoms with Gasteiger partial charge in [-0.1, -0.05) is 17.4 Å². The highest BCUT2D eigenvalue weighted by Gasteiger charge is 2.09. The maximum atomic E-state index is 5.44. The monoisotopic (exact) mass is 200 g/mol. The third-order valence-electron chi connectivity index (χ3n) is 1.72. The SMILES string of the molecule is COCCn1nnc(C(N)=S)c1C. The molecule has 13 heavy (non-hydrogen) atoms. The molecule has 0 amide bonds. The number of nitrogens with two attached hydrogens (primary N) is 1. The third-order valence-corrected chi connectivity index (χ3v) is 1.92. The van der Waals surface area contributed by atoms with Crippen LogP contribution in [0.2, 0.25) is 0 Å². The van der Waals surface area contributed by atoms with E-state index in [-0.39, 0.29) is 4.99 Å². The topological polar surface area (TPSA) is 66.0 Å². The number of hydrogen-bond acceptors (Lipinski definition) is 4. The number of methoxy groups -OCH3 is 1. The van der Waals surface area contributed by atoms with Crippen molar-refractivity contribution in [2.45, 2.75) is 13.5 Å². The summed E-state index contributed by atoms with van der Waals surface area (Å²) in [5.41, 5.74) is 6.91. The minimum Gasteiger partial charge on any atom is -0.388 e. The number of ether oxygens (including phenoxy) is 1. The van der Waals surface area contributed by atoms with Crippen molar-refractivity contribution in [2.75, 3.05) is 13.7 Å². The van der Waals surface area contributed by atoms with Crippen LogP contribution in [0.1, 0.15) is 11.4 Å². The Labute approximate surface area is 81.9 Å². The molecule has 5 nitrogen and oxygen atoms in total. The first kappa shape index (κ1) is 10.1. The lowest BCUT2D eigenvalue weighted by Gasteiger charge is -2.01. The Bertz CT molecular complexity index is 309. The third kappa shape index (κ3) is 2.22. The molecule has 0 fully saturated rings. The minimum absolute atomic E-state index is 0.279. The first-order chi connectivity index (χ1) is 6.16. The van der Waals surface area contributed by atoms with E-state index in [0.717, 1.165) is 5.69 Å². The molecule has 1 heterocycles. The number of hydrogen-bond donors (Lipinski definition) is 1. The van der Waals surface area contributed by atoms with Gasteiger partial charge in [-0.25, -0.2) is 4.68 Å². The van der Waals surface area contributed by atoms with Crippen molar-refractivity contribution < 1.29 is 4.74 Å². The molecule has 1 aromatic heterocycles. The normalized spacial score (nSPS) is 10.3.